The number of carbonyl (C=O) groups excluding carboxylic acids is 5. The Morgan fingerprint density at radius 1 is 1.28 bits per heavy atom. The third kappa shape index (κ3) is 2.44. The average Bonchev–Trinajstić information content (AvgIpc) is 2.80. The smallest absolute Gasteiger partial charge is 0.264 e. The van der Waals surface area contributed by atoms with Gasteiger partial charge in [-0.05, 0) is 18.6 Å². The maximum atomic E-state index is 12.9. The molecule has 1 saturated heterocycles. The van der Waals surface area contributed by atoms with Crippen LogP contribution < -0.4 is 16.4 Å². The van der Waals surface area contributed by atoms with Gasteiger partial charge in [-0.2, -0.15) is 0 Å². The van der Waals surface area contributed by atoms with Crippen LogP contribution in [0.3, 0.4) is 0 Å². The Balaban J connectivity index is 2.09. The number of hydrogen-bond donors (Lipinski definition) is 3. The van der Waals surface area contributed by atoms with Crippen LogP contribution in [0, 0.1) is 0 Å². The van der Waals surface area contributed by atoms with E-state index in [1.165, 1.54) is 25.1 Å². The molecule has 1 aromatic carbocycles. The number of nitrogens with two attached hydrogens (primary N) is 1. The second kappa shape index (κ2) is 5.69. The standard InChI is InChI=1S/C16H16N4O5/c1-8(21)18-7-16(6-5-11(22)19-15(16)25)20-13(23)9-3-2-4-10(17)12(9)14(20)24/h2-4H,5-7,17H2,1H3,(H,18,21)(H,19,22,25). The molecule has 2 heterocycles. The molecule has 0 saturated carbocycles. The molecule has 9 nitrogen and oxygen atoms in total. The highest BCUT2D eigenvalue weighted by Gasteiger charge is 2.56. The minimum Gasteiger partial charge on any atom is -0.398 e. The van der Waals surface area contributed by atoms with Gasteiger partial charge in [-0.3, -0.25) is 34.2 Å². The van der Waals surface area contributed by atoms with E-state index in [4.69, 9.17) is 5.73 Å². The van der Waals surface area contributed by atoms with Crippen molar-refractivity contribution in [3.05, 3.63) is 29.3 Å². The number of nitrogens with zero attached hydrogens (tertiary/aromatic N) is 1. The fourth-order valence-electron chi connectivity index (χ4n) is 3.17. The molecule has 4 N–H and O–H groups in total. The highest BCUT2D eigenvalue weighted by Crippen LogP contribution is 2.36. The summed E-state index contributed by atoms with van der Waals surface area (Å²) in [5, 5.41) is 4.62. The molecule has 0 aliphatic carbocycles. The molecule has 1 aromatic rings. The number of piperidine rings is 1. The highest BCUT2D eigenvalue weighted by molar-refractivity contribution is 6.26. The number of rotatable bonds is 3. The van der Waals surface area contributed by atoms with Gasteiger partial charge in [-0.15, -0.1) is 0 Å². The first-order valence-electron chi connectivity index (χ1n) is 7.64. The zero-order valence-electron chi connectivity index (χ0n) is 13.4. The van der Waals surface area contributed by atoms with Gasteiger partial charge in [0.15, 0.2) is 0 Å². The molecular formula is C16H16N4O5. The first-order valence-corrected chi connectivity index (χ1v) is 7.64. The van der Waals surface area contributed by atoms with Gasteiger partial charge in [0, 0.05) is 19.0 Å². The molecule has 3 rings (SSSR count). The number of hydrogen-bond acceptors (Lipinski definition) is 6. The molecule has 130 valence electrons. The lowest BCUT2D eigenvalue weighted by atomic mass is 9.86. The van der Waals surface area contributed by atoms with E-state index in [1.54, 1.807) is 0 Å². The van der Waals surface area contributed by atoms with Crippen molar-refractivity contribution in [3.8, 4) is 0 Å². The predicted molar refractivity (Wildman–Crippen MR) is 85.2 cm³/mol. The van der Waals surface area contributed by atoms with Gasteiger partial charge in [0.2, 0.25) is 11.8 Å². The molecule has 0 spiro atoms. The lowest BCUT2D eigenvalue weighted by Gasteiger charge is -2.41. The zero-order valence-corrected chi connectivity index (χ0v) is 13.4. The van der Waals surface area contributed by atoms with E-state index in [0.717, 1.165) is 4.90 Å². The molecule has 9 heteroatoms. The predicted octanol–water partition coefficient (Wildman–Crippen LogP) is -0.824. The fraction of sp³-hybridized carbons (Fsp3) is 0.312. The molecule has 0 radical (unpaired) electrons. The van der Waals surface area contributed by atoms with Gasteiger partial charge in [-0.1, -0.05) is 6.07 Å². The number of carbonyl (C=O) groups is 5. The van der Waals surface area contributed by atoms with Crippen LogP contribution in [0.2, 0.25) is 0 Å². The topological polar surface area (TPSA) is 139 Å². The number of imide groups is 2. The third-order valence-corrected chi connectivity index (χ3v) is 4.45. The van der Waals surface area contributed by atoms with Gasteiger partial charge < -0.3 is 11.1 Å². The van der Waals surface area contributed by atoms with Crippen LogP contribution in [0.15, 0.2) is 18.2 Å². The van der Waals surface area contributed by atoms with E-state index in [2.05, 4.69) is 10.6 Å². The monoisotopic (exact) mass is 344 g/mol. The second-order valence-electron chi connectivity index (χ2n) is 6.03. The van der Waals surface area contributed by atoms with Crippen LogP contribution >= 0.6 is 0 Å². The molecule has 1 unspecified atom stereocenters. The third-order valence-electron chi connectivity index (χ3n) is 4.45. The van der Waals surface area contributed by atoms with Crippen LogP contribution in [0.4, 0.5) is 5.69 Å². The molecule has 1 atom stereocenters. The van der Waals surface area contributed by atoms with E-state index in [9.17, 15) is 24.0 Å². The van der Waals surface area contributed by atoms with Gasteiger partial charge in [0.1, 0.15) is 5.54 Å². The SMILES string of the molecule is CC(=O)NCC1(N2C(=O)c3cccc(N)c3C2=O)CCC(=O)NC1=O. The number of anilines is 1. The maximum absolute atomic E-state index is 12.9. The van der Waals surface area contributed by atoms with Crippen molar-refractivity contribution in [2.75, 3.05) is 12.3 Å². The fourth-order valence-corrected chi connectivity index (χ4v) is 3.17. The van der Waals surface area contributed by atoms with Crippen molar-refractivity contribution in [3.63, 3.8) is 0 Å². The lowest BCUT2D eigenvalue weighted by molar-refractivity contribution is -0.141. The first-order chi connectivity index (χ1) is 11.8. The van der Waals surface area contributed by atoms with Crippen molar-refractivity contribution >= 4 is 35.2 Å². The Labute approximate surface area is 142 Å². The molecule has 25 heavy (non-hydrogen) atoms. The highest BCUT2D eigenvalue weighted by atomic mass is 16.2. The summed E-state index contributed by atoms with van der Waals surface area (Å²) in [6.07, 6.45) is -0.141. The summed E-state index contributed by atoms with van der Waals surface area (Å²) in [4.78, 5) is 61.9. The van der Waals surface area contributed by atoms with Crippen molar-refractivity contribution in [1.82, 2.24) is 15.5 Å². The maximum Gasteiger partial charge on any atom is 0.264 e. The van der Waals surface area contributed by atoms with E-state index < -0.39 is 35.1 Å². The number of nitrogens with one attached hydrogen (secondary N) is 2. The van der Waals surface area contributed by atoms with Crippen LogP contribution in [0.25, 0.3) is 0 Å². The summed E-state index contributed by atoms with van der Waals surface area (Å²) in [6, 6.07) is 4.47. The Kier molecular flexibility index (Phi) is 3.78. The van der Waals surface area contributed by atoms with Crippen molar-refractivity contribution in [1.29, 1.82) is 0 Å². The minimum absolute atomic E-state index is 0.0272. The molecule has 0 aromatic heterocycles. The largest absolute Gasteiger partial charge is 0.398 e. The molecular weight excluding hydrogens is 328 g/mol. The summed E-state index contributed by atoms with van der Waals surface area (Å²) in [7, 11) is 0. The van der Waals surface area contributed by atoms with Crippen molar-refractivity contribution in [2.45, 2.75) is 25.3 Å². The summed E-state index contributed by atoms with van der Waals surface area (Å²) < 4.78 is 0. The average molecular weight is 344 g/mol. The Morgan fingerprint density at radius 3 is 2.60 bits per heavy atom. The molecule has 0 bridgehead atoms. The quantitative estimate of drug-likeness (QED) is 0.483. The normalized spacial score (nSPS) is 22.7. The lowest BCUT2D eigenvalue weighted by Crippen LogP contribution is -2.68. The van der Waals surface area contributed by atoms with E-state index in [1.807, 2.05) is 0 Å². The summed E-state index contributed by atoms with van der Waals surface area (Å²) >= 11 is 0. The van der Waals surface area contributed by atoms with E-state index in [-0.39, 0.29) is 36.2 Å². The van der Waals surface area contributed by atoms with Crippen LogP contribution in [0.1, 0.15) is 40.5 Å². The van der Waals surface area contributed by atoms with Gasteiger partial charge in [-0.25, -0.2) is 0 Å². The summed E-state index contributed by atoms with van der Waals surface area (Å²) in [5.74, 6) is -3.12. The summed E-state index contributed by atoms with van der Waals surface area (Å²) in [5.41, 5.74) is 4.38. The van der Waals surface area contributed by atoms with Gasteiger partial charge >= 0.3 is 0 Å². The number of fused-ring (bicyclic) bond motifs is 1. The zero-order chi connectivity index (χ0) is 18.4. The first kappa shape index (κ1) is 16.6. The molecule has 2 aliphatic rings. The number of amides is 5. The molecule has 5 amide bonds. The molecule has 1 fully saturated rings. The van der Waals surface area contributed by atoms with E-state index in [0.29, 0.717) is 0 Å². The van der Waals surface area contributed by atoms with Gasteiger partial charge in [0.25, 0.3) is 17.7 Å². The number of nitrogen functional groups attached to an aromatic ring is 1. The van der Waals surface area contributed by atoms with Crippen LogP contribution in [-0.2, 0) is 14.4 Å². The van der Waals surface area contributed by atoms with Gasteiger partial charge in [0.05, 0.1) is 17.7 Å². The summed E-state index contributed by atoms with van der Waals surface area (Å²) in [6.45, 7) is 0.965. The van der Waals surface area contributed by atoms with Crippen molar-refractivity contribution < 1.29 is 24.0 Å². The van der Waals surface area contributed by atoms with Crippen LogP contribution in [-0.4, -0.2) is 46.5 Å². The van der Waals surface area contributed by atoms with Crippen LogP contribution in [0.5, 0.6) is 0 Å². The van der Waals surface area contributed by atoms with Crippen molar-refractivity contribution in [2.24, 2.45) is 0 Å². The van der Waals surface area contributed by atoms with E-state index >= 15 is 0 Å². The second-order valence-corrected chi connectivity index (χ2v) is 6.03. The Morgan fingerprint density at radius 2 is 2.00 bits per heavy atom. The Hall–Kier alpha value is -3.23. The number of benzene rings is 1. The minimum atomic E-state index is -1.68. The molecule has 2 aliphatic heterocycles. The Bertz CT molecular complexity index is 834.